The molecule has 2 heterocycles. The molecule has 3 atom stereocenters. The number of hydrogen-bond acceptors (Lipinski definition) is 4. The monoisotopic (exact) mass is 431 g/mol. The number of carbonyl (C=O) groups excluding carboxylic acids is 1. The molecule has 6 heteroatoms. The fraction of sp³-hybridized carbons (Fsp3) is 0.435. The van der Waals surface area contributed by atoms with Gasteiger partial charge in [-0.15, -0.1) is 11.8 Å². The van der Waals surface area contributed by atoms with Crippen LogP contribution in [0.5, 0.6) is 0 Å². The number of rotatable bonds is 5. The minimum Gasteiger partial charge on any atom is -0.377 e. The minimum atomic E-state index is -0.212. The van der Waals surface area contributed by atoms with Crippen molar-refractivity contribution in [2.45, 2.75) is 42.9 Å². The molecule has 1 amide bonds. The van der Waals surface area contributed by atoms with E-state index in [9.17, 15) is 4.79 Å². The second-order valence-electron chi connectivity index (χ2n) is 7.59. The molecule has 2 aliphatic rings. The lowest BCUT2D eigenvalue weighted by Gasteiger charge is -2.38. The number of benzene rings is 2. The lowest BCUT2D eigenvalue weighted by atomic mass is 10.0. The number of ether oxygens (including phenoxy) is 2. The predicted molar refractivity (Wildman–Crippen MR) is 117 cm³/mol. The Balaban J connectivity index is 1.51. The molecule has 0 aromatic heterocycles. The van der Waals surface area contributed by atoms with Gasteiger partial charge in [-0.3, -0.25) is 4.79 Å². The van der Waals surface area contributed by atoms with E-state index in [0.717, 1.165) is 41.2 Å². The van der Waals surface area contributed by atoms with Crippen LogP contribution < -0.4 is 0 Å². The van der Waals surface area contributed by atoms with Crippen molar-refractivity contribution >= 4 is 29.3 Å². The topological polar surface area (TPSA) is 38.8 Å². The van der Waals surface area contributed by atoms with Gasteiger partial charge in [-0.25, -0.2) is 0 Å². The Morgan fingerprint density at radius 2 is 1.97 bits per heavy atom. The molecule has 0 aliphatic carbocycles. The minimum absolute atomic E-state index is 0.0115. The molecule has 0 bridgehead atoms. The second kappa shape index (κ2) is 9.52. The molecular weight excluding hydrogens is 406 g/mol. The van der Waals surface area contributed by atoms with Crippen molar-refractivity contribution in [2.75, 3.05) is 25.5 Å². The summed E-state index contributed by atoms with van der Waals surface area (Å²) in [5.41, 5.74) is 1.68. The highest BCUT2D eigenvalue weighted by Gasteiger charge is 2.32. The van der Waals surface area contributed by atoms with Gasteiger partial charge >= 0.3 is 0 Å². The van der Waals surface area contributed by atoms with Crippen LogP contribution in [0.3, 0.4) is 0 Å². The van der Waals surface area contributed by atoms with Crippen LogP contribution in [-0.2, 0) is 9.47 Å². The summed E-state index contributed by atoms with van der Waals surface area (Å²) in [6.07, 6.45) is 2.30. The van der Waals surface area contributed by atoms with Gasteiger partial charge in [0.15, 0.2) is 0 Å². The molecule has 29 heavy (non-hydrogen) atoms. The highest BCUT2D eigenvalue weighted by molar-refractivity contribution is 7.99. The number of thioether (sulfide) groups is 1. The number of amides is 1. The summed E-state index contributed by atoms with van der Waals surface area (Å²) in [7, 11) is 0. The first kappa shape index (κ1) is 20.7. The van der Waals surface area contributed by atoms with Crippen molar-refractivity contribution in [1.82, 2.24) is 4.90 Å². The molecule has 3 unspecified atom stereocenters. The average Bonchev–Trinajstić information content (AvgIpc) is 3.27. The Kier molecular flexibility index (Phi) is 6.81. The second-order valence-corrected chi connectivity index (χ2v) is 9.06. The SMILES string of the molecule is CC1COC(c2ccccc2Cl)CN1C(=O)c1ccccc1SCC1CCCO1. The van der Waals surface area contributed by atoms with Gasteiger partial charge in [0.2, 0.25) is 0 Å². The maximum Gasteiger partial charge on any atom is 0.255 e. The summed E-state index contributed by atoms with van der Waals surface area (Å²) in [5.74, 6) is 0.930. The van der Waals surface area contributed by atoms with Gasteiger partial charge in [-0.05, 0) is 38.0 Å². The van der Waals surface area contributed by atoms with E-state index in [2.05, 4.69) is 0 Å². The van der Waals surface area contributed by atoms with Crippen molar-refractivity contribution in [2.24, 2.45) is 0 Å². The van der Waals surface area contributed by atoms with Gasteiger partial charge in [0.25, 0.3) is 5.91 Å². The van der Waals surface area contributed by atoms with Gasteiger partial charge in [-0.2, -0.15) is 0 Å². The Hall–Kier alpha value is -1.53. The van der Waals surface area contributed by atoms with Crippen molar-refractivity contribution in [3.8, 4) is 0 Å². The largest absolute Gasteiger partial charge is 0.377 e. The van der Waals surface area contributed by atoms with E-state index in [1.54, 1.807) is 11.8 Å². The molecule has 0 radical (unpaired) electrons. The molecule has 4 nitrogen and oxygen atoms in total. The lowest BCUT2D eigenvalue weighted by Crippen LogP contribution is -2.48. The molecule has 2 aromatic rings. The zero-order valence-electron chi connectivity index (χ0n) is 16.6. The fourth-order valence-corrected chi connectivity index (χ4v) is 5.22. The molecule has 0 saturated carbocycles. The van der Waals surface area contributed by atoms with Gasteiger partial charge in [0, 0.05) is 27.8 Å². The highest BCUT2D eigenvalue weighted by Crippen LogP contribution is 2.32. The van der Waals surface area contributed by atoms with E-state index in [0.29, 0.717) is 18.2 Å². The standard InChI is InChI=1S/C23H26ClNO3S/c1-16-14-28-21(18-8-2-4-10-20(18)24)13-25(16)23(26)19-9-3-5-11-22(19)29-15-17-7-6-12-27-17/h2-5,8-11,16-17,21H,6-7,12-15H2,1H3. The Morgan fingerprint density at radius 3 is 2.76 bits per heavy atom. The van der Waals surface area contributed by atoms with Gasteiger partial charge in [-0.1, -0.05) is 41.9 Å². The summed E-state index contributed by atoms with van der Waals surface area (Å²) < 4.78 is 11.8. The Morgan fingerprint density at radius 1 is 1.17 bits per heavy atom. The van der Waals surface area contributed by atoms with E-state index in [1.165, 1.54) is 0 Å². The lowest BCUT2D eigenvalue weighted by molar-refractivity contribution is -0.0487. The highest BCUT2D eigenvalue weighted by atomic mass is 35.5. The summed E-state index contributed by atoms with van der Waals surface area (Å²) in [6, 6.07) is 15.6. The van der Waals surface area contributed by atoms with Crippen LogP contribution in [0.25, 0.3) is 0 Å². The summed E-state index contributed by atoms with van der Waals surface area (Å²) in [5, 5.41) is 0.673. The summed E-state index contributed by atoms with van der Waals surface area (Å²) in [6.45, 7) is 3.87. The first-order valence-electron chi connectivity index (χ1n) is 10.1. The van der Waals surface area contributed by atoms with Crippen LogP contribution >= 0.6 is 23.4 Å². The molecule has 4 rings (SSSR count). The van der Waals surface area contributed by atoms with E-state index < -0.39 is 0 Å². The molecule has 154 valence electrons. The van der Waals surface area contributed by atoms with Crippen LogP contribution in [0.2, 0.25) is 5.02 Å². The van der Waals surface area contributed by atoms with Gasteiger partial charge in [0.1, 0.15) is 6.10 Å². The van der Waals surface area contributed by atoms with Gasteiger partial charge < -0.3 is 14.4 Å². The van der Waals surface area contributed by atoms with Crippen LogP contribution in [0.4, 0.5) is 0 Å². The Labute approximate surface area is 181 Å². The molecule has 0 N–H and O–H groups in total. The third-order valence-electron chi connectivity index (χ3n) is 5.51. The first-order valence-corrected chi connectivity index (χ1v) is 11.5. The van der Waals surface area contributed by atoms with Crippen LogP contribution in [0.15, 0.2) is 53.4 Å². The van der Waals surface area contributed by atoms with Crippen molar-refractivity contribution in [3.63, 3.8) is 0 Å². The third-order valence-corrected chi connectivity index (χ3v) is 7.06. The van der Waals surface area contributed by atoms with Crippen LogP contribution in [0, 0.1) is 0 Å². The van der Waals surface area contributed by atoms with E-state index >= 15 is 0 Å². The molecule has 2 saturated heterocycles. The molecule has 2 fully saturated rings. The zero-order valence-corrected chi connectivity index (χ0v) is 18.1. The predicted octanol–water partition coefficient (Wildman–Crippen LogP) is 5.21. The quantitative estimate of drug-likeness (QED) is 0.609. The number of hydrogen-bond donors (Lipinski definition) is 0. The number of morpholine rings is 1. The smallest absolute Gasteiger partial charge is 0.255 e. The van der Waals surface area contributed by atoms with E-state index in [-0.39, 0.29) is 24.2 Å². The van der Waals surface area contributed by atoms with E-state index in [1.807, 2.05) is 60.4 Å². The number of carbonyl (C=O) groups is 1. The van der Waals surface area contributed by atoms with Crippen molar-refractivity contribution in [3.05, 3.63) is 64.7 Å². The van der Waals surface area contributed by atoms with Crippen molar-refractivity contribution < 1.29 is 14.3 Å². The maximum absolute atomic E-state index is 13.5. The Bertz CT molecular complexity index is 856. The summed E-state index contributed by atoms with van der Waals surface area (Å²) in [4.78, 5) is 16.4. The maximum atomic E-state index is 13.5. The average molecular weight is 432 g/mol. The normalized spacial score (nSPS) is 24.6. The molecule has 2 aromatic carbocycles. The zero-order chi connectivity index (χ0) is 20.2. The van der Waals surface area contributed by atoms with Crippen LogP contribution in [-0.4, -0.2) is 48.5 Å². The van der Waals surface area contributed by atoms with E-state index in [4.69, 9.17) is 21.1 Å². The molecular formula is C23H26ClNO3S. The molecule has 0 spiro atoms. The molecule has 2 aliphatic heterocycles. The van der Waals surface area contributed by atoms with Gasteiger partial charge in [0.05, 0.1) is 30.9 Å². The van der Waals surface area contributed by atoms with Crippen LogP contribution in [0.1, 0.15) is 41.8 Å². The number of halogens is 1. The first-order chi connectivity index (χ1) is 14.1. The number of nitrogens with zero attached hydrogens (tertiary/aromatic N) is 1. The third kappa shape index (κ3) is 4.80. The fourth-order valence-electron chi connectivity index (χ4n) is 3.85. The summed E-state index contributed by atoms with van der Waals surface area (Å²) >= 11 is 8.08. The van der Waals surface area contributed by atoms with Crippen molar-refractivity contribution in [1.29, 1.82) is 0 Å².